The Morgan fingerprint density at radius 2 is 2.00 bits per heavy atom. The van der Waals surface area contributed by atoms with Gasteiger partial charge < -0.3 is 14.7 Å². The summed E-state index contributed by atoms with van der Waals surface area (Å²) >= 11 is 6.37. The lowest BCUT2D eigenvalue weighted by Crippen LogP contribution is -2.48. The minimum Gasteiger partial charge on any atom is -0.490 e. The molecule has 2 aromatic rings. The normalized spacial score (nSPS) is 24.2. The highest BCUT2D eigenvalue weighted by molar-refractivity contribution is 7.90. The molecule has 7 nitrogen and oxygen atoms in total. The van der Waals surface area contributed by atoms with Crippen LogP contribution in [0, 0.1) is 11.8 Å². The Morgan fingerprint density at radius 1 is 1.20 bits per heavy atom. The molecule has 1 saturated carbocycles. The van der Waals surface area contributed by atoms with E-state index in [0.717, 1.165) is 55.8 Å². The largest absolute Gasteiger partial charge is 0.490 e. The van der Waals surface area contributed by atoms with Gasteiger partial charge in [0, 0.05) is 29.1 Å². The van der Waals surface area contributed by atoms with Crippen molar-refractivity contribution in [3.8, 4) is 5.75 Å². The molecule has 9 heteroatoms. The van der Waals surface area contributed by atoms with Gasteiger partial charge in [0.25, 0.3) is 5.91 Å². The number of rotatable bonds is 10. The van der Waals surface area contributed by atoms with Crippen LogP contribution in [0.5, 0.6) is 5.75 Å². The van der Waals surface area contributed by atoms with Crippen molar-refractivity contribution in [3.05, 3.63) is 83.4 Å². The summed E-state index contributed by atoms with van der Waals surface area (Å²) in [5.41, 5.74) is 3.29. The third-order valence-electron chi connectivity index (χ3n) is 8.93. The third kappa shape index (κ3) is 6.50. The van der Waals surface area contributed by atoms with Gasteiger partial charge in [0.15, 0.2) is 0 Å². The predicted octanol–water partition coefficient (Wildman–Crippen LogP) is 5.41. The molecule has 2 aromatic carbocycles. The zero-order chi connectivity index (χ0) is 29.2. The standard InChI is InChI=1S/C32H39ClN2O5S/c1-3-6-27(36)17-22-8-9-25(22)19-35-20-32(14-5-7-23-16-26(33)11-12-28(23)32)21-40-30-13-10-24(18-29(30)35)31(37)34-41(38,39)15-4-2/h3-4,10-13,16,18,22,25,27,36H,1-2,5-9,14-15,17,19-21H2,(H,34,37)/t22-,25-,27?,32-/m0/s1. The number of halogens is 1. The Hall–Kier alpha value is -2.81. The van der Waals surface area contributed by atoms with E-state index in [1.165, 1.54) is 17.2 Å². The van der Waals surface area contributed by atoms with Crippen LogP contribution in [-0.4, -0.2) is 51.0 Å². The lowest BCUT2D eigenvalue weighted by atomic mass is 9.68. The number of carbonyl (C=O) groups excluding carboxylic acids is 1. The summed E-state index contributed by atoms with van der Waals surface area (Å²) in [6.45, 7) is 9.18. The monoisotopic (exact) mass is 598 g/mol. The molecular weight excluding hydrogens is 560 g/mol. The summed E-state index contributed by atoms with van der Waals surface area (Å²) in [4.78, 5) is 15.3. The van der Waals surface area contributed by atoms with Gasteiger partial charge in [0.1, 0.15) is 5.75 Å². The Kier molecular flexibility index (Phi) is 8.83. The molecule has 0 radical (unpaired) electrons. The van der Waals surface area contributed by atoms with E-state index in [0.29, 0.717) is 37.2 Å². The van der Waals surface area contributed by atoms with Crippen LogP contribution in [0.4, 0.5) is 5.69 Å². The van der Waals surface area contributed by atoms with E-state index in [1.807, 2.05) is 6.07 Å². The number of carbonyl (C=O) groups is 1. The second-order valence-electron chi connectivity index (χ2n) is 11.8. The number of fused-ring (bicyclic) bond motifs is 3. The Balaban J connectivity index is 1.49. The first-order chi connectivity index (χ1) is 19.6. The average Bonchev–Trinajstić information content (AvgIpc) is 3.06. The number of nitrogens with one attached hydrogen (secondary N) is 1. The summed E-state index contributed by atoms with van der Waals surface area (Å²) in [5.74, 6) is 0.444. The van der Waals surface area contributed by atoms with Gasteiger partial charge in [-0.05, 0) is 98.2 Å². The molecule has 0 bridgehead atoms. The van der Waals surface area contributed by atoms with Crippen molar-refractivity contribution >= 4 is 33.2 Å². The van der Waals surface area contributed by atoms with Crippen LogP contribution >= 0.6 is 11.6 Å². The number of aliphatic hydroxyl groups excluding tert-OH is 1. The van der Waals surface area contributed by atoms with Crippen molar-refractivity contribution in [2.24, 2.45) is 11.8 Å². The highest BCUT2D eigenvalue weighted by Crippen LogP contribution is 2.46. The van der Waals surface area contributed by atoms with E-state index in [9.17, 15) is 18.3 Å². The summed E-state index contributed by atoms with van der Waals surface area (Å²) < 4.78 is 33.2. The van der Waals surface area contributed by atoms with Crippen molar-refractivity contribution in [1.29, 1.82) is 0 Å². The summed E-state index contributed by atoms with van der Waals surface area (Å²) in [6.07, 6.45) is 9.04. The zero-order valence-corrected chi connectivity index (χ0v) is 24.9. The van der Waals surface area contributed by atoms with Crippen LogP contribution in [0.25, 0.3) is 0 Å². The van der Waals surface area contributed by atoms with Crippen LogP contribution in [-0.2, 0) is 21.9 Å². The van der Waals surface area contributed by atoms with Gasteiger partial charge in [0.2, 0.25) is 10.0 Å². The van der Waals surface area contributed by atoms with E-state index in [2.05, 4.69) is 34.9 Å². The molecular formula is C32H39ClN2O5S. The fraction of sp³-hybridized carbons (Fsp3) is 0.469. The zero-order valence-electron chi connectivity index (χ0n) is 23.4. The van der Waals surface area contributed by atoms with Crippen LogP contribution in [0.1, 0.15) is 60.0 Å². The van der Waals surface area contributed by atoms with Crippen molar-refractivity contribution in [3.63, 3.8) is 0 Å². The summed E-state index contributed by atoms with van der Waals surface area (Å²) in [6, 6.07) is 11.3. The molecule has 4 atom stereocenters. The highest BCUT2D eigenvalue weighted by atomic mass is 35.5. The first-order valence-corrected chi connectivity index (χ1v) is 16.4. The number of anilines is 1. The number of sulfonamides is 1. The number of benzene rings is 2. The smallest absolute Gasteiger partial charge is 0.264 e. The fourth-order valence-corrected chi connectivity index (χ4v) is 7.75. The molecule has 1 fully saturated rings. The molecule has 2 N–H and O–H groups in total. The van der Waals surface area contributed by atoms with Crippen LogP contribution in [0.3, 0.4) is 0 Å². The molecule has 2 aliphatic carbocycles. The summed E-state index contributed by atoms with van der Waals surface area (Å²) in [7, 11) is -3.82. The minimum absolute atomic E-state index is 0.253. The number of ether oxygens (including phenoxy) is 1. The maximum absolute atomic E-state index is 13.0. The van der Waals surface area contributed by atoms with E-state index in [-0.39, 0.29) is 16.7 Å². The molecule has 41 heavy (non-hydrogen) atoms. The second kappa shape index (κ2) is 12.2. The van der Waals surface area contributed by atoms with E-state index >= 15 is 0 Å². The number of hydrogen-bond donors (Lipinski definition) is 2. The Morgan fingerprint density at radius 3 is 2.73 bits per heavy atom. The number of aliphatic hydroxyl groups is 1. The van der Waals surface area contributed by atoms with Crippen molar-refractivity contribution in [2.45, 2.75) is 56.5 Å². The second-order valence-corrected chi connectivity index (χ2v) is 14.0. The molecule has 1 unspecified atom stereocenters. The van der Waals surface area contributed by atoms with Crippen molar-refractivity contribution in [2.75, 3.05) is 30.3 Å². The molecule has 0 aromatic heterocycles. The Bertz CT molecular complexity index is 1430. The van der Waals surface area contributed by atoms with Crippen LogP contribution in [0.15, 0.2) is 61.7 Å². The number of nitrogens with zero attached hydrogens (tertiary/aromatic N) is 1. The fourth-order valence-electron chi connectivity index (χ4n) is 6.76. The number of aryl methyl sites for hydroxylation is 1. The Labute approximate surface area is 248 Å². The molecule has 5 rings (SSSR count). The van der Waals surface area contributed by atoms with Crippen molar-refractivity contribution in [1.82, 2.24) is 4.72 Å². The maximum atomic E-state index is 13.0. The molecule has 1 heterocycles. The van der Waals surface area contributed by atoms with E-state index in [1.54, 1.807) is 24.3 Å². The first kappa shape index (κ1) is 29.7. The predicted molar refractivity (Wildman–Crippen MR) is 163 cm³/mol. The first-order valence-electron chi connectivity index (χ1n) is 14.4. The SMILES string of the molecule is C=CCC(O)C[C@@H]1CC[C@H]1CN1C[C@@]2(CCCc3cc(Cl)ccc32)COc2ccc(C(=O)NS(=O)(=O)CC=C)cc21. The highest BCUT2D eigenvalue weighted by Gasteiger charge is 2.43. The maximum Gasteiger partial charge on any atom is 0.264 e. The molecule has 1 amide bonds. The average molecular weight is 599 g/mol. The van der Waals surface area contributed by atoms with Crippen LogP contribution in [0.2, 0.25) is 5.02 Å². The van der Waals surface area contributed by atoms with Gasteiger partial charge >= 0.3 is 0 Å². The lowest BCUT2D eigenvalue weighted by Gasteiger charge is -2.45. The van der Waals surface area contributed by atoms with Gasteiger partial charge in [0.05, 0.1) is 24.2 Å². The molecule has 3 aliphatic rings. The lowest BCUT2D eigenvalue weighted by molar-refractivity contribution is 0.0801. The van der Waals surface area contributed by atoms with Gasteiger partial charge in [-0.15, -0.1) is 13.2 Å². The van der Waals surface area contributed by atoms with Gasteiger partial charge in [-0.3, -0.25) is 4.79 Å². The summed E-state index contributed by atoms with van der Waals surface area (Å²) in [5, 5.41) is 11.2. The van der Waals surface area contributed by atoms with E-state index < -0.39 is 22.0 Å². The molecule has 1 aliphatic heterocycles. The van der Waals surface area contributed by atoms with E-state index in [4.69, 9.17) is 16.3 Å². The van der Waals surface area contributed by atoms with Gasteiger partial charge in [-0.2, -0.15) is 0 Å². The number of amides is 1. The quantitative estimate of drug-likeness (QED) is 0.355. The molecule has 220 valence electrons. The number of hydrogen-bond acceptors (Lipinski definition) is 6. The van der Waals surface area contributed by atoms with Crippen LogP contribution < -0.4 is 14.4 Å². The van der Waals surface area contributed by atoms with Crippen molar-refractivity contribution < 1.29 is 23.1 Å². The van der Waals surface area contributed by atoms with Gasteiger partial charge in [-0.25, -0.2) is 13.1 Å². The van der Waals surface area contributed by atoms with Gasteiger partial charge in [-0.1, -0.05) is 29.8 Å². The third-order valence-corrected chi connectivity index (χ3v) is 10.3. The molecule has 0 saturated heterocycles. The molecule has 1 spiro atoms. The topological polar surface area (TPSA) is 95.9 Å². The minimum atomic E-state index is -3.82.